The van der Waals surface area contributed by atoms with Crippen LogP contribution in [0.2, 0.25) is 5.02 Å². The minimum Gasteiger partial charge on any atom is -0.495 e. The lowest BCUT2D eigenvalue weighted by Crippen LogP contribution is -2.23. The van der Waals surface area contributed by atoms with E-state index in [1.807, 2.05) is 0 Å². The third-order valence-corrected chi connectivity index (χ3v) is 3.43. The van der Waals surface area contributed by atoms with Gasteiger partial charge >= 0.3 is 0 Å². The largest absolute Gasteiger partial charge is 0.495 e. The number of hydrogen-bond donors (Lipinski definition) is 0. The van der Waals surface area contributed by atoms with Gasteiger partial charge in [-0.2, -0.15) is 0 Å². The molecule has 0 aliphatic heterocycles. The highest BCUT2D eigenvalue weighted by molar-refractivity contribution is 6.32. The van der Waals surface area contributed by atoms with E-state index >= 15 is 0 Å². The molecule has 0 N–H and O–H groups in total. The molecule has 1 aliphatic carbocycles. The number of hydrogen-bond acceptors (Lipinski definition) is 2. The Bertz CT molecular complexity index is 495. The SMILES string of the molecule is COc1c(C2[C]=CC=C(Cl)[C@@H]2OC)[c]ccc1Cl. The van der Waals surface area contributed by atoms with Crippen LogP contribution in [-0.4, -0.2) is 20.3 Å². The topological polar surface area (TPSA) is 18.5 Å². The van der Waals surface area contributed by atoms with Gasteiger partial charge in [0, 0.05) is 23.6 Å². The maximum atomic E-state index is 6.14. The number of allylic oxidation sites excluding steroid dienone is 2. The molecule has 0 saturated heterocycles. The van der Waals surface area contributed by atoms with Crippen LogP contribution in [0.25, 0.3) is 0 Å². The molecular formula is C14H12Cl2O2. The van der Waals surface area contributed by atoms with E-state index in [4.69, 9.17) is 32.7 Å². The van der Waals surface area contributed by atoms with Gasteiger partial charge in [-0.3, -0.25) is 0 Å². The molecule has 18 heavy (non-hydrogen) atoms. The van der Waals surface area contributed by atoms with Gasteiger partial charge in [-0.1, -0.05) is 35.3 Å². The van der Waals surface area contributed by atoms with Gasteiger partial charge in [0.1, 0.15) is 11.9 Å². The van der Waals surface area contributed by atoms with Crippen LogP contribution < -0.4 is 4.74 Å². The van der Waals surface area contributed by atoms with E-state index in [0.717, 1.165) is 5.56 Å². The Labute approximate surface area is 117 Å². The summed E-state index contributed by atoms with van der Waals surface area (Å²) in [6.45, 7) is 0. The monoisotopic (exact) mass is 282 g/mol. The maximum Gasteiger partial charge on any atom is 0.141 e. The van der Waals surface area contributed by atoms with E-state index in [1.54, 1.807) is 38.5 Å². The summed E-state index contributed by atoms with van der Waals surface area (Å²) in [5.74, 6) is 0.402. The number of benzene rings is 1. The van der Waals surface area contributed by atoms with Crippen LogP contribution in [0.1, 0.15) is 11.5 Å². The molecule has 4 heteroatoms. The first-order valence-corrected chi connectivity index (χ1v) is 6.16. The fourth-order valence-electron chi connectivity index (χ4n) is 1.97. The quantitative estimate of drug-likeness (QED) is 0.841. The van der Waals surface area contributed by atoms with Crippen LogP contribution in [0.3, 0.4) is 0 Å². The molecule has 2 rings (SSSR count). The minimum atomic E-state index is -0.291. The molecule has 2 radical (unpaired) electrons. The van der Waals surface area contributed by atoms with Crippen LogP contribution in [0.4, 0.5) is 0 Å². The number of halogens is 2. The molecule has 0 saturated carbocycles. The fourth-order valence-corrected chi connectivity index (χ4v) is 2.49. The predicted molar refractivity (Wildman–Crippen MR) is 72.1 cm³/mol. The molecule has 0 fully saturated rings. The van der Waals surface area contributed by atoms with Crippen LogP contribution in [0.5, 0.6) is 5.75 Å². The van der Waals surface area contributed by atoms with Gasteiger partial charge in [0.2, 0.25) is 0 Å². The van der Waals surface area contributed by atoms with Crippen molar-refractivity contribution in [2.45, 2.75) is 12.0 Å². The van der Waals surface area contributed by atoms with Crippen molar-refractivity contribution in [3.63, 3.8) is 0 Å². The van der Waals surface area contributed by atoms with Crippen molar-refractivity contribution < 1.29 is 9.47 Å². The van der Waals surface area contributed by atoms with E-state index in [1.165, 1.54) is 0 Å². The van der Waals surface area contributed by atoms with Gasteiger partial charge in [0.25, 0.3) is 0 Å². The molecule has 2 nitrogen and oxygen atoms in total. The predicted octanol–water partition coefficient (Wildman–Crippen LogP) is 3.74. The first kappa shape index (κ1) is 13.5. The lowest BCUT2D eigenvalue weighted by molar-refractivity contribution is 0.122. The van der Waals surface area contributed by atoms with Crippen molar-refractivity contribution in [2.75, 3.05) is 14.2 Å². The standard InChI is InChI=1S/C14H12Cl2O2/c1-17-13-9(5-3-7-11(13)15)10-6-4-8-12(16)14(10)18-2/h3-4,7-9,13H,1-2H3/t9?,13-/m1/s1. The summed E-state index contributed by atoms with van der Waals surface area (Å²) in [7, 11) is 3.18. The Balaban J connectivity index is 2.46. The molecule has 2 atom stereocenters. The lowest BCUT2D eigenvalue weighted by atomic mass is 9.89. The third kappa shape index (κ3) is 2.41. The van der Waals surface area contributed by atoms with Gasteiger partial charge in [-0.15, -0.1) is 0 Å². The summed E-state index contributed by atoms with van der Waals surface area (Å²) in [6, 6.07) is 6.61. The molecule has 1 aromatic carbocycles. The highest BCUT2D eigenvalue weighted by Crippen LogP contribution is 2.39. The number of ether oxygens (including phenoxy) is 2. The Kier molecular flexibility index (Phi) is 4.33. The molecule has 94 valence electrons. The summed E-state index contributed by atoms with van der Waals surface area (Å²) in [5.41, 5.74) is 0.791. The summed E-state index contributed by atoms with van der Waals surface area (Å²) in [4.78, 5) is 0. The maximum absolute atomic E-state index is 6.14. The molecule has 1 aromatic rings. The Morgan fingerprint density at radius 3 is 2.72 bits per heavy atom. The minimum absolute atomic E-state index is 0.179. The second kappa shape index (κ2) is 5.79. The third-order valence-electron chi connectivity index (χ3n) is 2.79. The van der Waals surface area contributed by atoms with E-state index in [-0.39, 0.29) is 12.0 Å². The van der Waals surface area contributed by atoms with Crippen LogP contribution in [0, 0.1) is 12.1 Å². The van der Waals surface area contributed by atoms with Gasteiger partial charge in [0.05, 0.1) is 12.1 Å². The highest BCUT2D eigenvalue weighted by Gasteiger charge is 2.29. The van der Waals surface area contributed by atoms with Gasteiger partial charge in [-0.05, 0) is 24.3 Å². The van der Waals surface area contributed by atoms with Crippen molar-refractivity contribution in [1.82, 2.24) is 0 Å². The molecular weight excluding hydrogens is 271 g/mol. The zero-order valence-corrected chi connectivity index (χ0v) is 11.5. The van der Waals surface area contributed by atoms with E-state index in [2.05, 4.69) is 12.1 Å². The molecule has 0 amide bonds. The van der Waals surface area contributed by atoms with Crippen molar-refractivity contribution in [2.24, 2.45) is 0 Å². The van der Waals surface area contributed by atoms with E-state index in [9.17, 15) is 0 Å². The zero-order chi connectivity index (χ0) is 13.1. The first-order chi connectivity index (χ1) is 8.69. The normalized spacial score (nSPS) is 22.8. The zero-order valence-electron chi connectivity index (χ0n) is 10.0. The first-order valence-electron chi connectivity index (χ1n) is 5.41. The summed E-state index contributed by atoms with van der Waals surface area (Å²) < 4.78 is 10.7. The lowest BCUT2D eigenvalue weighted by Gasteiger charge is -2.26. The molecule has 1 aliphatic rings. The molecule has 1 unspecified atom stereocenters. The molecule has 0 bridgehead atoms. The molecule has 0 spiro atoms. The average Bonchev–Trinajstić information content (AvgIpc) is 2.38. The molecule has 0 aromatic heterocycles. The Morgan fingerprint density at radius 2 is 2.06 bits per heavy atom. The summed E-state index contributed by atoms with van der Waals surface area (Å²) in [6.07, 6.45) is 6.44. The van der Waals surface area contributed by atoms with Crippen molar-refractivity contribution in [3.05, 3.63) is 52.0 Å². The van der Waals surface area contributed by atoms with Crippen LogP contribution in [-0.2, 0) is 4.74 Å². The Hall–Kier alpha value is -0.960. The van der Waals surface area contributed by atoms with Gasteiger partial charge < -0.3 is 9.47 Å². The van der Waals surface area contributed by atoms with Crippen molar-refractivity contribution >= 4 is 23.2 Å². The van der Waals surface area contributed by atoms with Gasteiger partial charge in [0.15, 0.2) is 0 Å². The van der Waals surface area contributed by atoms with Crippen LogP contribution >= 0.6 is 23.2 Å². The number of methoxy groups -OCH3 is 2. The summed E-state index contributed by atoms with van der Waals surface area (Å²) >= 11 is 12.2. The highest BCUT2D eigenvalue weighted by atomic mass is 35.5. The van der Waals surface area contributed by atoms with Crippen molar-refractivity contribution in [3.8, 4) is 5.75 Å². The van der Waals surface area contributed by atoms with Crippen LogP contribution in [0.15, 0.2) is 29.3 Å². The fraction of sp³-hybridized carbons (Fsp3) is 0.286. The summed E-state index contributed by atoms with van der Waals surface area (Å²) in [5, 5.41) is 1.16. The van der Waals surface area contributed by atoms with E-state index in [0.29, 0.717) is 15.8 Å². The number of rotatable bonds is 3. The second-order valence-electron chi connectivity index (χ2n) is 3.79. The Morgan fingerprint density at radius 1 is 1.28 bits per heavy atom. The van der Waals surface area contributed by atoms with Crippen molar-refractivity contribution in [1.29, 1.82) is 0 Å². The smallest absolute Gasteiger partial charge is 0.141 e. The second-order valence-corrected chi connectivity index (χ2v) is 4.64. The average molecular weight is 283 g/mol. The molecule has 0 heterocycles. The van der Waals surface area contributed by atoms with E-state index < -0.39 is 0 Å². The van der Waals surface area contributed by atoms with Gasteiger partial charge in [-0.25, -0.2) is 0 Å².